The number of carbonyl (C=O) groups is 3. The molecule has 0 bridgehead atoms. The van der Waals surface area contributed by atoms with Gasteiger partial charge in [0.15, 0.2) is 0 Å². The van der Waals surface area contributed by atoms with E-state index < -0.39 is 27.4 Å². The fraction of sp³-hybridized carbons (Fsp3) is 0.308. The standard InChI is InChI=1S/C13H14Br2N2O4/c1-7(14)11(18)16-17-12(19)9-5-3-4-6-10(9)21-13(20)8(2)15/h3-8H,1-2H3,(H,16,18)(H,17,19)/t7-,8-/m1/s1. The van der Waals surface area contributed by atoms with Gasteiger partial charge >= 0.3 is 5.97 Å². The van der Waals surface area contributed by atoms with E-state index >= 15 is 0 Å². The molecule has 0 saturated carbocycles. The summed E-state index contributed by atoms with van der Waals surface area (Å²) in [5, 5.41) is 0. The number of carbonyl (C=O) groups excluding carboxylic acids is 3. The van der Waals surface area contributed by atoms with Crippen LogP contribution in [-0.2, 0) is 9.59 Å². The molecule has 0 fully saturated rings. The summed E-state index contributed by atoms with van der Waals surface area (Å²) in [4.78, 5) is 34.0. The van der Waals surface area contributed by atoms with Crippen LogP contribution in [0.4, 0.5) is 0 Å². The van der Waals surface area contributed by atoms with Crippen molar-refractivity contribution in [2.75, 3.05) is 0 Å². The van der Waals surface area contributed by atoms with E-state index in [1.807, 2.05) is 0 Å². The molecule has 0 radical (unpaired) electrons. The molecular formula is C13H14Br2N2O4. The lowest BCUT2D eigenvalue weighted by atomic mass is 10.2. The maximum absolute atomic E-state index is 12.0. The Labute approximate surface area is 138 Å². The zero-order chi connectivity index (χ0) is 16.0. The first-order valence-electron chi connectivity index (χ1n) is 6.02. The second kappa shape index (κ2) is 8.14. The van der Waals surface area contributed by atoms with Gasteiger partial charge in [-0.2, -0.15) is 0 Å². The van der Waals surface area contributed by atoms with Crippen LogP contribution in [0.15, 0.2) is 24.3 Å². The maximum Gasteiger partial charge on any atom is 0.324 e. The van der Waals surface area contributed by atoms with Crippen molar-refractivity contribution in [2.24, 2.45) is 0 Å². The number of hydrazine groups is 1. The lowest BCUT2D eigenvalue weighted by Crippen LogP contribution is -2.44. The van der Waals surface area contributed by atoms with Crippen LogP contribution in [0.1, 0.15) is 24.2 Å². The summed E-state index contributed by atoms with van der Waals surface area (Å²) in [6.07, 6.45) is 0. The number of halogens is 2. The molecule has 2 amide bonds. The third kappa shape index (κ3) is 5.47. The van der Waals surface area contributed by atoms with Crippen LogP contribution in [0.3, 0.4) is 0 Å². The smallest absolute Gasteiger partial charge is 0.324 e. The number of para-hydroxylation sites is 1. The Kier molecular flexibility index (Phi) is 6.83. The molecule has 1 rings (SSSR count). The van der Waals surface area contributed by atoms with E-state index in [0.29, 0.717) is 0 Å². The Hall–Kier alpha value is -1.41. The first-order valence-corrected chi connectivity index (χ1v) is 7.85. The van der Waals surface area contributed by atoms with Crippen molar-refractivity contribution in [2.45, 2.75) is 23.5 Å². The van der Waals surface area contributed by atoms with E-state index in [0.717, 1.165) is 0 Å². The van der Waals surface area contributed by atoms with Crippen LogP contribution in [0.2, 0.25) is 0 Å². The molecule has 21 heavy (non-hydrogen) atoms. The van der Waals surface area contributed by atoms with E-state index in [1.54, 1.807) is 26.0 Å². The Balaban J connectivity index is 2.80. The monoisotopic (exact) mass is 420 g/mol. The number of alkyl halides is 2. The zero-order valence-electron chi connectivity index (χ0n) is 11.4. The average molecular weight is 422 g/mol. The molecule has 114 valence electrons. The van der Waals surface area contributed by atoms with Crippen LogP contribution in [-0.4, -0.2) is 27.4 Å². The number of hydrogen-bond donors (Lipinski definition) is 2. The Morgan fingerprint density at radius 1 is 1.05 bits per heavy atom. The van der Waals surface area contributed by atoms with Crippen LogP contribution in [0.25, 0.3) is 0 Å². The van der Waals surface area contributed by atoms with Crippen LogP contribution < -0.4 is 15.6 Å². The number of rotatable bonds is 4. The van der Waals surface area contributed by atoms with Crippen molar-refractivity contribution < 1.29 is 19.1 Å². The summed E-state index contributed by atoms with van der Waals surface area (Å²) in [5.41, 5.74) is 4.64. The van der Waals surface area contributed by atoms with Gasteiger partial charge in [0.1, 0.15) is 10.6 Å². The molecule has 1 aromatic carbocycles. The van der Waals surface area contributed by atoms with Crippen molar-refractivity contribution in [3.63, 3.8) is 0 Å². The molecule has 0 aromatic heterocycles. The number of esters is 1. The van der Waals surface area contributed by atoms with Gasteiger partial charge in [-0.1, -0.05) is 44.0 Å². The second-order valence-corrected chi connectivity index (χ2v) is 6.84. The maximum atomic E-state index is 12.0. The van der Waals surface area contributed by atoms with Crippen LogP contribution in [0.5, 0.6) is 5.75 Å². The molecule has 0 heterocycles. The van der Waals surface area contributed by atoms with Crippen LogP contribution in [0, 0.1) is 0 Å². The molecule has 0 spiro atoms. The summed E-state index contributed by atoms with van der Waals surface area (Å²) >= 11 is 6.16. The van der Waals surface area contributed by atoms with Crippen molar-refractivity contribution in [3.05, 3.63) is 29.8 Å². The quantitative estimate of drug-likeness (QED) is 0.336. The molecule has 2 N–H and O–H groups in total. The lowest BCUT2D eigenvalue weighted by Gasteiger charge is -2.12. The second-order valence-electron chi connectivity index (χ2n) is 4.09. The number of hydrogen-bond acceptors (Lipinski definition) is 4. The molecule has 1 aromatic rings. The zero-order valence-corrected chi connectivity index (χ0v) is 14.5. The summed E-state index contributed by atoms with van der Waals surface area (Å²) in [6, 6.07) is 6.24. The minimum absolute atomic E-state index is 0.118. The van der Waals surface area contributed by atoms with Crippen molar-refractivity contribution in [1.29, 1.82) is 0 Å². The van der Waals surface area contributed by atoms with Gasteiger partial charge in [-0.15, -0.1) is 0 Å². The van der Waals surface area contributed by atoms with E-state index in [9.17, 15) is 14.4 Å². The van der Waals surface area contributed by atoms with E-state index in [-0.39, 0.29) is 11.3 Å². The lowest BCUT2D eigenvalue weighted by molar-refractivity contribution is -0.133. The molecule has 0 unspecified atom stereocenters. The first kappa shape index (κ1) is 17.6. The molecule has 0 saturated heterocycles. The minimum atomic E-state index is -0.581. The highest BCUT2D eigenvalue weighted by atomic mass is 79.9. The fourth-order valence-electron chi connectivity index (χ4n) is 1.22. The van der Waals surface area contributed by atoms with Gasteiger partial charge in [-0.25, -0.2) is 0 Å². The third-order valence-electron chi connectivity index (χ3n) is 2.33. The predicted octanol–water partition coefficient (Wildman–Crippen LogP) is 1.92. The molecule has 0 aliphatic rings. The van der Waals surface area contributed by atoms with Crippen molar-refractivity contribution in [1.82, 2.24) is 10.9 Å². The largest absolute Gasteiger partial charge is 0.425 e. The Morgan fingerprint density at radius 3 is 2.24 bits per heavy atom. The average Bonchev–Trinajstić information content (AvgIpc) is 2.44. The Bertz CT molecular complexity index is 547. The van der Waals surface area contributed by atoms with Gasteiger partial charge in [0, 0.05) is 0 Å². The topological polar surface area (TPSA) is 84.5 Å². The first-order chi connectivity index (χ1) is 9.82. The summed E-state index contributed by atoms with van der Waals surface area (Å²) in [7, 11) is 0. The number of benzene rings is 1. The molecular weight excluding hydrogens is 408 g/mol. The van der Waals surface area contributed by atoms with Crippen molar-refractivity contribution in [3.8, 4) is 5.75 Å². The molecule has 8 heteroatoms. The Morgan fingerprint density at radius 2 is 1.67 bits per heavy atom. The van der Waals surface area contributed by atoms with Gasteiger partial charge in [0.05, 0.1) is 10.4 Å². The number of ether oxygens (including phenoxy) is 1. The van der Waals surface area contributed by atoms with Crippen LogP contribution >= 0.6 is 31.9 Å². The van der Waals surface area contributed by atoms with Gasteiger partial charge in [-0.05, 0) is 26.0 Å². The van der Waals surface area contributed by atoms with Crippen molar-refractivity contribution >= 4 is 49.6 Å². The summed E-state index contributed by atoms with van der Waals surface area (Å²) in [6.45, 7) is 3.23. The summed E-state index contributed by atoms with van der Waals surface area (Å²) in [5.74, 6) is -1.38. The number of nitrogens with one attached hydrogen (secondary N) is 2. The highest BCUT2D eigenvalue weighted by Gasteiger charge is 2.18. The van der Waals surface area contributed by atoms with E-state index in [2.05, 4.69) is 42.7 Å². The fourth-order valence-corrected chi connectivity index (χ4v) is 1.43. The van der Waals surface area contributed by atoms with E-state index in [1.165, 1.54) is 12.1 Å². The SMILES string of the molecule is C[C@@H](Br)C(=O)NNC(=O)c1ccccc1OC(=O)[C@@H](C)Br. The van der Waals surface area contributed by atoms with Gasteiger partial charge in [-0.3, -0.25) is 25.2 Å². The van der Waals surface area contributed by atoms with E-state index in [4.69, 9.17) is 4.74 Å². The molecule has 6 nitrogen and oxygen atoms in total. The number of amides is 2. The predicted molar refractivity (Wildman–Crippen MR) is 84.5 cm³/mol. The molecule has 0 aliphatic heterocycles. The van der Waals surface area contributed by atoms with Gasteiger partial charge < -0.3 is 4.74 Å². The highest BCUT2D eigenvalue weighted by Crippen LogP contribution is 2.19. The third-order valence-corrected chi connectivity index (χ3v) is 3.12. The van der Waals surface area contributed by atoms with Gasteiger partial charge in [0.2, 0.25) is 0 Å². The minimum Gasteiger partial charge on any atom is -0.425 e. The molecule has 2 atom stereocenters. The molecule has 0 aliphatic carbocycles. The van der Waals surface area contributed by atoms with Gasteiger partial charge in [0.25, 0.3) is 11.8 Å². The highest BCUT2D eigenvalue weighted by molar-refractivity contribution is 9.10. The summed E-state index contributed by atoms with van der Waals surface area (Å²) < 4.78 is 5.11. The normalized spacial score (nSPS) is 13.0.